The number of amides is 1. The fraction of sp³-hybridized carbons (Fsp3) is 0.733. The van der Waals surface area contributed by atoms with E-state index < -0.39 is 5.60 Å². The third-order valence-electron chi connectivity index (χ3n) is 3.57. The highest BCUT2D eigenvalue weighted by Gasteiger charge is 2.32. The monoisotopic (exact) mass is 279 g/mol. The third kappa shape index (κ3) is 3.32. The summed E-state index contributed by atoms with van der Waals surface area (Å²) in [6.45, 7) is 11.3. The predicted molar refractivity (Wildman–Crippen MR) is 77.9 cm³/mol. The normalized spacial score (nSPS) is 19.4. The van der Waals surface area contributed by atoms with Crippen molar-refractivity contribution in [3.8, 4) is 0 Å². The Hall–Kier alpha value is -1.52. The van der Waals surface area contributed by atoms with Crippen LogP contribution in [-0.4, -0.2) is 39.7 Å². The standard InChI is InChI=1S/C15H25N3O2/c1-6-12-10(2)16-13(17-12)11-7-8-18(9-11)14(19)20-15(3,4)5/h11H,6-9H2,1-5H3,(H,16,17). The molecule has 1 aliphatic rings. The van der Waals surface area contributed by atoms with E-state index in [2.05, 4.69) is 23.8 Å². The molecule has 1 fully saturated rings. The van der Waals surface area contributed by atoms with Crippen LogP contribution >= 0.6 is 0 Å². The Labute approximate surface area is 120 Å². The zero-order valence-corrected chi connectivity index (χ0v) is 13.1. The molecule has 0 bridgehead atoms. The Morgan fingerprint density at radius 3 is 2.75 bits per heavy atom. The van der Waals surface area contributed by atoms with Gasteiger partial charge < -0.3 is 14.6 Å². The van der Waals surface area contributed by atoms with E-state index >= 15 is 0 Å². The minimum absolute atomic E-state index is 0.223. The van der Waals surface area contributed by atoms with Gasteiger partial charge in [-0.2, -0.15) is 0 Å². The summed E-state index contributed by atoms with van der Waals surface area (Å²) in [4.78, 5) is 21.8. The van der Waals surface area contributed by atoms with E-state index in [1.165, 1.54) is 0 Å². The maximum absolute atomic E-state index is 12.0. The number of imidazole rings is 1. The molecule has 0 saturated carbocycles. The minimum Gasteiger partial charge on any atom is -0.444 e. The first kappa shape index (κ1) is 14.9. The second-order valence-corrected chi connectivity index (χ2v) is 6.46. The van der Waals surface area contributed by atoms with Crippen molar-refractivity contribution in [3.63, 3.8) is 0 Å². The van der Waals surface area contributed by atoms with E-state index in [-0.39, 0.29) is 6.09 Å². The molecule has 0 radical (unpaired) electrons. The Morgan fingerprint density at radius 2 is 2.20 bits per heavy atom. The number of hydrogen-bond donors (Lipinski definition) is 1. The smallest absolute Gasteiger partial charge is 0.410 e. The molecular formula is C15H25N3O2. The molecule has 2 heterocycles. The molecule has 2 rings (SSSR count). The second kappa shape index (κ2) is 5.46. The first-order valence-electron chi connectivity index (χ1n) is 7.33. The highest BCUT2D eigenvalue weighted by Crippen LogP contribution is 2.27. The second-order valence-electron chi connectivity index (χ2n) is 6.46. The van der Waals surface area contributed by atoms with Crippen molar-refractivity contribution in [1.82, 2.24) is 14.9 Å². The Bertz CT molecular complexity index is 488. The van der Waals surface area contributed by atoms with Gasteiger partial charge in [0, 0.05) is 24.7 Å². The van der Waals surface area contributed by atoms with Crippen molar-refractivity contribution in [2.24, 2.45) is 0 Å². The van der Waals surface area contributed by atoms with Crippen LogP contribution in [0.25, 0.3) is 0 Å². The molecule has 1 amide bonds. The van der Waals surface area contributed by atoms with Crippen molar-refractivity contribution in [2.45, 2.75) is 59.0 Å². The van der Waals surface area contributed by atoms with Gasteiger partial charge in [-0.15, -0.1) is 0 Å². The number of aromatic nitrogens is 2. The molecule has 1 aromatic heterocycles. The van der Waals surface area contributed by atoms with Gasteiger partial charge in [0.1, 0.15) is 11.4 Å². The van der Waals surface area contributed by atoms with Gasteiger partial charge in [0.15, 0.2) is 0 Å². The molecule has 0 aliphatic carbocycles. The topological polar surface area (TPSA) is 58.2 Å². The quantitative estimate of drug-likeness (QED) is 0.905. The van der Waals surface area contributed by atoms with Crippen LogP contribution < -0.4 is 0 Å². The number of nitrogens with one attached hydrogen (secondary N) is 1. The molecule has 1 unspecified atom stereocenters. The average molecular weight is 279 g/mol. The number of H-pyrrole nitrogens is 1. The summed E-state index contributed by atoms with van der Waals surface area (Å²) in [6.07, 6.45) is 1.65. The summed E-state index contributed by atoms with van der Waals surface area (Å²) in [5.41, 5.74) is 1.82. The number of nitrogens with zero attached hydrogens (tertiary/aromatic N) is 2. The molecule has 1 atom stereocenters. The van der Waals surface area contributed by atoms with E-state index in [4.69, 9.17) is 4.74 Å². The SMILES string of the molecule is CCc1nc(C2CCN(C(=O)OC(C)(C)C)C2)[nH]c1C. The lowest BCUT2D eigenvalue weighted by Crippen LogP contribution is -2.35. The lowest BCUT2D eigenvalue weighted by atomic mass is 10.1. The number of rotatable bonds is 2. The maximum Gasteiger partial charge on any atom is 0.410 e. The molecule has 1 aliphatic heterocycles. The zero-order valence-electron chi connectivity index (χ0n) is 13.1. The Morgan fingerprint density at radius 1 is 1.50 bits per heavy atom. The van der Waals surface area contributed by atoms with Gasteiger partial charge in [-0.1, -0.05) is 6.92 Å². The molecule has 0 aromatic carbocycles. The molecule has 5 nitrogen and oxygen atoms in total. The van der Waals surface area contributed by atoms with Gasteiger partial charge in [-0.05, 0) is 40.5 Å². The first-order valence-corrected chi connectivity index (χ1v) is 7.33. The van der Waals surface area contributed by atoms with E-state index in [9.17, 15) is 4.79 Å². The van der Waals surface area contributed by atoms with Crippen LogP contribution in [0, 0.1) is 6.92 Å². The van der Waals surface area contributed by atoms with Crippen molar-refractivity contribution < 1.29 is 9.53 Å². The molecule has 20 heavy (non-hydrogen) atoms. The van der Waals surface area contributed by atoms with E-state index in [0.29, 0.717) is 12.5 Å². The van der Waals surface area contributed by atoms with Crippen LogP contribution in [-0.2, 0) is 11.2 Å². The van der Waals surface area contributed by atoms with Crippen molar-refractivity contribution in [2.75, 3.05) is 13.1 Å². The molecular weight excluding hydrogens is 254 g/mol. The van der Waals surface area contributed by atoms with Crippen LogP contribution in [0.5, 0.6) is 0 Å². The highest BCUT2D eigenvalue weighted by molar-refractivity contribution is 5.68. The summed E-state index contributed by atoms with van der Waals surface area (Å²) >= 11 is 0. The highest BCUT2D eigenvalue weighted by atomic mass is 16.6. The van der Waals surface area contributed by atoms with Gasteiger partial charge in [-0.25, -0.2) is 9.78 Å². The maximum atomic E-state index is 12.0. The van der Waals surface area contributed by atoms with Crippen LogP contribution in [0.15, 0.2) is 0 Å². The summed E-state index contributed by atoms with van der Waals surface area (Å²) in [6, 6.07) is 0. The summed E-state index contributed by atoms with van der Waals surface area (Å²) in [5.74, 6) is 1.30. The largest absolute Gasteiger partial charge is 0.444 e. The summed E-state index contributed by atoms with van der Waals surface area (Å²) < 4.78 is 5.41. The molecule has 1 saturated heterocycles. The molecule has 1 N–H and O–H groups in total. The Kier molecular flexibility index (Phi) is 4.06. The van der Waals surface area contributed by atoms with Crippen molar-refractivity contribution in [3.05, 3.63) is 17.2 Å². The van der Waals surface area contributed by atoms with E-state index in [1.807, 2.05) is 20.8 Å². The Balaban J connectivity index is 1.99. The number of aryl methyl sites for hydroxylation is 2. The van der Waals surface area contributed by atoms with Crippen molar-refractivity contribution >= 4 is 6.09 Å². The van der Waals surface area contributed by atoms with Crippen molar-refractivity contribution in [1.29, 1.82) is 0 Å². The van der Waals surface area contributed by atoms with E-state index in [1.54, 1.807) is 4.90 Å². The van der Waals surface area contributed by atoms with E-state index in [0.717, 1.165) is 36.6 Å². The van der Waals surface area contributed by atoms with Crippen LogP contribution in [0.1, 0.15) is 57.2 Å². The van der Waals surface area contributed by atoms with Gasteiger partial charge >= 0.3 is 6.09 Å². The molecule has 1 aromatic rings. The minimum atomic E-state index is -0.439. The fourth-order valence-electron chi connectivity index (χ4n) is 2.53. The lowest BCUT2D eigenvalue weighted by Gasteiger charge is -2.24. The lowest BCUT2D eigenvalue weighted by molar-refractivity contribution is 0.0292. The first-order chi connectivity index (χ1) is 9.30. The molecule has 5 heteroatoms. The predicted octanol–water partition coefficient (Wildman–Crippen LogP) is 3.00. The van der Waals surface area contributed by atoms with Gasteiger partial charge in [-0.3, -0.25) is 0 Å². The number of likely N-dealkylation sites (tertiary alicyclic amines) is 1. The average Bonchev–Trinajstić information content (AvgIpc) is 2.92. The van der Waals surface area contributed by atoms with Gasteiger partial charge in [0.25, 0.3) is 0 Å². The van der Waals surface area contributed by atoms with Gasteiger partial charge in [0.05, 0.1) is 5.69 Å². The number of aromatic amines is 1. The number of hydrogen-bond acceptors (Lipinski definition) is 3. The summed E-state index contributed by atoms with van der Waals surface area (Å²) in [7, 11) is 0. The van der Waals surface area contributed by atoms with Gasteiger partial charge in [0.2, 0.25) is 0 Å². The number of carbonyl (C=O) groups excluding carboxylic acids is 1. The van der Waals surface area contributed by atoms with Crippen LogP contribution in [0.4, 0.5) is 4.79 Å². The molecule has 0 spiro atoms. The van der Waals surface area contributed by atoms with Crippen LogP contribution in [0.2, 0.25) is 0 Å². The zero-order chi connectivity index (χ0) is 14.9. The fourth-order valence-corrected chi connectivity index (χ4v) is 2.53. The van der Waals surface area contributed by atoms with Crippen LogP contribution in [0.3, 0.4) is 0 Å². The number of carbonyl (C=O) groups is 1. The number of ether oxygens (including phenoxy) is 1. The third-order valence-corrected chi connectivity index (χ3v) is 3.57. The summed E-state index contributed by atoms with van der Waals surface area (Å²) in [5, 5.41) is 0. The molecule has 112 valence electrons.